The van der Waals surface area contributed by atoms with E-state index in [1.54, 1.807) is 23.9 Å². The molecule has 2 heterocycles. The van der Waals surface area contributed by atoms with Crippen molar-refractivity contribution in [1.29, 1.82) is 0 Å². The molecule has 0 spiro atoms. The van der Waals surface area contributed by atoms with E-state index in [2.05, 4.69) is 33.8 Å². The van der Waals surface area contributed by atoms with Crippen molar-refractivity contribution >= 4 is 39.7 Å². The third-order valence-corrected chi connectivity index (χ3v) is 6.29. The van der Waals surface area contributed by atoms with Crippen molar-refractivity contribution in [3.05, 3.63) is 102 Å². The van der Waals surface area contributed by atoms with Crippen LogP contribution in [-0.4, -0.2) is 25.6 Å². The molecule has 0 saturated carbocycles. The SMILES string of the molecule is O=C(O)c1ccccc1CSc1nc2ccccc2n1Cc1cccc2cccnc12. The number of carbonyl (C=O) groups is 1. The van der Waals surface area contributed by atoms with Gasteiger partial charge in [0.15, 0.2) is 5.16 Å². The molecule has 152 valence electrons. The molecule has 0 atom stereocenters. The molecule has 1 N–H and O–H groups in total. The summed E-state index contributed by atoms with van der Waals surface area (Å²) in [6, 6.07) is 25.4. The highest BCUT2D eigenvalue weighted by Crippen LogP contribution is 2.29. The fourth-order valence-electron chi connectivity index (χ4n) is 3.78. The Labute approximate surface area is 183 Å². The number of nitrogens with zero attached hydrogens (tertiary/aromatic N) is 3. The molecule has 0 aliphatic rings. The third kappa shape index (κ3) is 3.78. The van der Waals surface area contributed by atoms with Gasteiger partial charge in [-0.05, 0) is 35.4 Å². The van der Waals surface area contributed by atoms with E-state index < -0.39 is 5.97 Å². The molecule has 5 nitrogen and oxygen atoms in total. The Morgan fingerprint density at radius 1 is 0.903 bits per heavy atom. The Hall–Kier alpha value is -3.64. The first kappa shape index (κ1) is 19.3. The summed E-state index contributed by atoms with van der Waals surface area (Å²) >= 11 is 1.55. The van der Waals surface area contributed by atoms with Crippen LogP contribution in [0.4, 0.5) is 0 Å². The van der Waals surface area contributed by atoms with Gasteiger partial charge < -0.3 is 9.67 Å². The molecule has 0 saturated heterocycles. The first-order chi connectivity index (χ1) is 15.2. The van der Waals surface area contributed by atoms with Gasteiger partial charge in [-0.25, -0.2) is 9.78 Å². The van der Waals surface area contributed by atoms with E-state index in [9.17, 15) is 9.90 Å². The Balaban J connectivity index is 1.54. The second-order valence-corrected chi connectivity index (χ2v) is 8.15. The molecular weight excluding hydrogens is 406 g/mol. The molecule has 0 aliphatic carbocycles. The number of benzene rings is 3. The van der Waals surface area contributed by atoms with Crippen molar-refractivity contribution < 1.29 is 9.90 Å². The number of rotatable bonds is 6. The van der Waals surface area contributed by atoms with E-state index in [1.807, 2.05) is 48.7 Å². The average molecular weight is 426 g/mol. The number of hydrogen-bond donors (Lipinski definition) is 1. The third-order valence-electron chi connectivity index (χ3n) is 5.27. The van der Waals surface area contributed by atoms with Crippen LogP contribution in [-0.2, 0) is 12.3 Å². The number of aromatic nitrogens is 3. The van der Waals surface area contributed by atoms with Crippen molar-refractivity contribution in [1.82, 2.24) is 14.5 Å². The number of carboxylic acids is 1. The molecule has 0 radical (unpaired) electrons. The van der Waals surface area contributed by atoms with E-state index in [-0.39, 0.29) is 0 Å². The summed E-state index contributed by atoms with van der Waals surface area (Å²) in [5.74, 6) is -0.383. The van der Waals surface area contributed by atoms with Crippen molar-refractivity contribution in [3.63, 3.8) is 0 Å². The van der Waals surface area contributed by atoms with Crippen LogP contribution in [0.2, 0.25) is 0 Å². The Morgan fingerprint density at radius 2 is 1.68 bits per heavy atom. The van der Waals surface area contributed by atoms with Gasteiger partial charge in [-0.3, -0.25) is 4.98 Å². The summed E-state index contributed by atoms with van der Waals surface area (Å²) < 4.78 is 2.19. The van der Waals surface area contributed by atoms with E-state index >= 15 is 0 Å². The van der Waals surface area contributed by atoms with Gasteiger partial charge in [0.05, 0.1) is 28.7 Å². The van der Waals surface area contributed by atoms with Gasteiger partial charge in [0.25, 0.3) is 0 Å². The summed E-state index contributed by atoms with van der Waals surface area (Å²) in [7, 11) is 0. The molecule has 5 rings (SSSR count). The van der Waals surface area contributed by atoms with Crippen LogP contribution in [0.5, 0.6) is 0 Å². The molecule has 31 heavy (non-hydrogen) atoms. The van der Waals surface area contributed by atoms with Crippen LogP contribution >= 0.6 is 11.8 Å². The maximum Gasteiger partial charge on any atom is 0.335 e. The van der Waals surface area contributed by atoms with E-state index in [0.717, 1.165) is 38.2 Å². The van der Waals surface area contributed by atoms with Gasteiger partial charge in [-0.2, -0.15) is 0 Å². The molecule has 0 bridgehead atoms. The Morgan fingerprint density at radius 3 is 2.58 bits per heavy atom. The summed E-state index contributed by atoms with van der Waals surface area (Å²) in [5, 5.41) is 11.5. The van der Waals surface area contributed by atoms with E-state index in [1.165, 1.54) is 0 Å². The van der Waals surface area contributed by atoms with E-state index in [0.29, 0.717) is 17.9 Å². The number of thioether (sulfide) groups is 1. The zero-order chi connectivity index (χ0) is 21.2. The largest absolute Gasteiger partial charge is 0.478 e. The Kier molecular flexibility index (Phi) is 5.14. The van der Waals surface area contributed by atoms with Crippen molar-refractivity contribution in [2.75, 3.05) is 0 Å². The van der Waals surface area contributed by atoms with Crippen molar-refractivity contribution in [2.24, 2.45) is 0 Å². The minimum Gasteiger partial charge on any atom is -0.478 e. The average Bonchev–Trinajstić information content (AvgIpc) is 3.15. The highest BCUT2D eigenvalue weighted by atomic mass is 32.2. The maximum absolute atomic E-state index is 11.6. The fourth-order valence-corrected chi connectivity index (χ4v) is 4.80. The molecule has 2 aromatic heterocycles. The van der Waals surface area contributed by atoms with Gasteiger partial charge in [0.2, 0.25) is 0 Å². The minimum absolute atomic E-state index is 0.330. The number of hydrogen-bond acceptors (Lipinski definition) is 4. The number of aromatic carboxylic acids is 1. The lowest BCUT2D eigenvalue weighted by atomic mass is 10.1. The highest BCUT2D eigenvalue weighted by molar-refractivity contribution is 7.98. The lowest BCUT2D eigenvalue weighted by Gasteiger charge is -2.11. The van der Waals surface area contributed by atoms with Gasteiger partial charge in [-0.1, -0.05) is 66.4 Å². The molecule has 0 aliphatic heterocycles. The Bertz CT molecular complexity index is 1410. The lowest BCUT2D eigenvalue weighted by molar-refractivity contribution is 0.0696. The van der Waals surface area contributed by atoms with Crippen LogP contribution in [0.1, 0.15) is 21.5 Å². The van der Waals surface area contributed by atoms with Crippen LogP contribution in [0, 0.1) is 0 Å². The second kappa shape index (κ2) is 8.24. The molecule has 6 heteroatoms. The maximum atomic E-state index is 11.6. The second-order valence-electron chi connectivity index (χ2n) is 7.21. The smallest absolute Gasteiger partial charge is 0.335 e. The van der Waals surface area contributed by atoms with Crippen molar-refractivity contribution in [3.8, 4) is 0 Å². The van der Waals surface area contributed by atoms with Gasteiger partial charge in [0.1, 0.15) is 0 Å². The van der Waals surface area contributed by atoms with Gasteiger partial charge in [0, 0.05) is 17.3 Å². The number of fused-ring (bicyclic) bond motifs is 2. The quantitative estimate of drug-likeness (QED) is 0.358. The molecule has 3 aromatic carbocycles. The molecule has 0 amide bonds. The van der Waals surface area contributed by atoms with Crippen LogP contribution < -0.4 is 0 Å². The predicted octanol–water partition coefficient (Wildman–Crippen LogP) is 5.62. The van der Waals surface area contributed by atoms with Crippen LogP contribution in [0.3, 0.4) is 0 Å². The first-order valence-electron chi connectivity index (χ1n) is 9.92. The number of para-hydroxylation sites is 3. The summed E-state index contributed by atoms with van der Waals surface area (Å²) in [6.45, 7) is 0.637. The number of pyridine rings is 1. The lowest BCUT2D eigenvalue weighted by Crippen LogP contribution is -2.04. The zero-order valence-corrected chi connectivity index (χ0v) is 17.4. The zero-order valence-electron chi connectivity index (χ0n) is 16.6. The molecule has 0 fully saturated rings. The molecule has 0 unspecified atom stereocenters. The molecule has 5 aromatic rings. The topological polar surface area (TPSA) is 68.0 Å². The summed E-state index contributed by atoms with van der Waals surface area (Å²) in [5.41, 5.74) is 5.18. The van der Waals surface area contributed by atoms with Gasteiger partial charge >= 0.3 is 5.97 Å². The van der Waals surface area contributed by atoms with Gasteiger partial charge in [-0.15, -0.1) is 0 Å². The normalized spacial score (nSPS) is 11.2. The standard InChI is InChI=1S/C25H19N3O2S/c29-24(30)20-11-2-1-7-19(20)16-31-25-27-21-12-3-4-13-22(21)28(25)15-18-9-5-8-17-10-6-14-26-23(17)18/h1-14H,15-16H2,(H,29,30). The summed E-state index contributed by atoms with van der Waals surface area (Å²) in [4.78, 5) is 21.0. The van der Waals surface area contributed by atoms with Crippen LogP contribution in [0.15, 0.2) is 90.2 Å². The summed E-state index contributed by atoms with van der Waals surface area (Å²) in [6.07, 6.45) is 1.82. The fraction of sp³-hybridized carbons (Fsp3) is 0.0800. The number of imidazole rings is 1. The molecular formula is C25H19N3O2S. The monoisotopic (exact) mass is 425 g/mol. The van der Waals surface area contributed by atoms with E-state index in [4.69, 9.17) is 4.98 Å². The number of carboxylic acid groups (broad SMARTS) is 1. The minimum atomic E-state index is -0.911. The predicted molar refractivity (Wildman–Crippen MR) is 124 cm³/mol. The first-order valence-corrected chi connectivity index (χ1v) is 10.9. The highest BCUT2D eigenvalue weighted by Gasteiger charge is 2.15. The van der Waals surface area contributed by atoms with Crippen molar-refractivity contribution in [2.45, 2.75) is 17.5 Å². The van der Waals surface area contributed by atoms with Crippen LogP contribution in [0.25, 0.3) is 21.9 Å².